The van der Waals surface area contributed by atoms with Crippen molar-refractivity contribution in [2.75, 3.05) is 39.7 Å². The number of aromatic nitrogens is 1. The van der Waals surface area contributed by atoms with Crippen molar-refractivity contribution in [2.45, 2.75) is 84.8 Å². The summed E-state index contributed by atoms with van der Waals surface area (Å²) in [5, 5.41) is 25.9. The van der Waals surface area contributed by atoms with Crippen molar-refractivity contribution in [1.82, 2.24) is 9.88 Å². The molecule has 16 heteroatoms. The molecule has 3 aromatic carbocycles. The maximum absolute atomic E-state index is 14.7. The van der Waals surface area contributed by atoms with Gasteiger partial charge in [-0.05, 0) is 46.2 Å². The predicted octanol–water partition coefficient (Wildman–Crippen LogP) is 5.71. The number of allylic oxidation sites excluding steroid dienone is 2. The van der Waals surface area contributed by atoms with Crippen LogP contribution in [-0.2, 0) is 28.5 Å². The lowest BCUT2D eigenvalue weighted by molar-refractivity contribution is -0.168. The molecule has 0 spiro atoms. The normalized spacial score (nSPS) is 29.8. The molecule has 7 bridgehead atoms. The number of hydrogen-bond donors (Lipinski definition) is 3. The quantitative estimate of drug-likeness (QED) is 0.0920. The number of carbonyl (C=O) groups is 3. The van der Waals surface area contributed by atoms with Gasteiger partial charge in [0.1, 0.15) is 47.0 Å². The van der Waals surface area contributed by atoms with Crippen LogP contribution in [0.4, 0.5) is 5.69 Å². The number of ether oxygens (including phenoxy) is 6. The molecule has 0 unspecified atom stereocenters. The molecule has 5 heterocycles. The number of methoxy groups -OCH3 is 1. The Morgan fingerprint density at radius 3 is 2.48 bits per heavy atom. The maximum atomic E-state index is 14.7. The molecule has 0 radical (unpaired) electrons. The minimum atomic E-state index is -2.04. The summed E-state index contributed by atoms with van der Waals surface area (Å²) < 4.78 is 42.7. The van der Waals surface area contributed by atoms with Crippen molar-refractivity contribution < 1.29 is 57.4 Å². The van der Waals surface area contributed by atoms with E-state index in [1.165, 1.54) is 40.2 Å². The van der Waals surface area contributed by atoms with Crippen LogP contribution in [0, 0.1) is 24.7 Å². The lowest BCUT2D eigenvalue weighted by atomic mass is 9.86. The van der Waals surface area contributed by atoms with E-state index in [1.807, 2.05) is 38.9 Å². The van der Waals surface area contributed by atoms with Gasteiger partial charge in [0.25, 0.3) is 11.7 Å². The minimum Gasteiger partial charge on any atom is -0.505 e. The highest BCUT2D eigenvalue weighted by molar-refractivity contribution is 6.26. The summed E-state index contributed by atoms with van der Waals surface area (Å²) in [7, 11) is 5.30. The summed E-state index contributed by atoms with van der Waals surface area (Å²) in [6.07, 6.45) is 3.62. The molecule has 0 aliphatic carbocycles. The van der Waals surface area contributed by atoms with E-state index in [0.29, 0.717) is 24.4 Å². The third kappa shape index (κ3) is 7.91. The van der Waals surface area contributed by atoms with Crippen molar-refractivity contribution in [1.29, 1.82) is 0 Å². The number of benzene rings is 3. The molecule has 16 nitrogen and oxygen atoms in total. The molecule has 1 amide bonds. The van der Waals surface area contributed by atoms with Gasteiger partial charge in [-0.15, -0.1) is 0 Å². The lowest BCUT2D eigenvalue weighted by Gasteiger charge is -2.33. The van der Waals surface area contributed by atoms with Gasteiger partial charge in [-0.25, -0.2) is 4.98 Å². The van der Waals surface area contributed by atoms with Crippen molar-refractivity contribution in [3.8, 4) is 17.2 Å². The number of aliphatic hydroxyl groups is 1. The van der Waals surface area contributed by atoms with Crippen LogP contribution in [0.15, 0.2) is 63.6 Å². The molecule has 4 aliphatic rings. The Bertz CT molecular complexity index is 2610. The standard InChI is InChI=1S/C46H53N3O13/c1-21-12-11-13-22(2)45(55)48-35-38(53)32-31(34-42(35)60-30-15-14-27(20-28(30)47-34)57-19-17-49(8)9)33-40(24(4)36(32)51)62-46(7,44(33)54)58-18-16-29(56-10)23(3)41(59-26(6)50)43-37(52)25(5)39(21)61-43/h11-16,18,20-21,23,25,29,37,39,41,43,52-53H,17,19H2,1-10H3,(H,48,55)/b12-11+,18-16+,22-13-/t21-,23+,25-,29-,37+,39-,41+,43+,46-/m0/s1. The molecule has 4 aliphatic heterocycles. The number of rotatable bonds is 6. The van der Waals surface area contributed by atoms with E-state index in [4.69, 9.17) is 37.8 Å². The lowest BCUT2D eigenvalue weighted by Crippen LogP contribution is -2.46. The van der Waals surface area contributed by atoms with Gasteiger partial charge in [0.05, 0.1) is 35.5 Å². The highest BCUT2D eigenvalue weighted by Crippen LogP contribution is 2.48. The molecule has 0 saturated carbocycles. The third-order valence-corrected chi connectivity index (χ3v) is 12.0. The van der Waals surface area contributed by atoms with E-state index in [-0.39, 0.29) is 67.4 Å². The number of hydrogen-bond acceptors (Lipinski definition) is 15. The van der Waals surface area contributed by atoms with E-state index >= 15 is 0 Å². The SMILES string of the molecule is CO[C@H]1/C=C/O[C@@]2(C)Oc3c(C)c(=O)c4c(O)c(c5oc6ccc(OCCN(C)C)cc6nc5c4c3C2=O)NC(=O)/C(C)=C\C=C\[C@H](C)[C@@H]2O[C@H]([C@H](O)[C@@H]2C)[C@H](OC(C)=O)[C@@H]1C. The van der Waals surface area contributed by atoms with Crippen LogP contribution >= 0.6 is 0 Å². The van der Waals surface area contributed by atoms with Crippen LogP contribution in [0.5, 0.6) is 17.2 Å². The fourth-order valence-electron chi connectivity index (χ4n) is 8.40. The number of fused-ring (bicyclic) bond motifs is 9. The summed E-state index contributed by atoms with van der Waals surface area (Å²) in [6, 6.07) is 4.99. The highest BCUT2D eigenvalue weighted by Gasteiger charge is 2.51. The van der Waals surface area contributed by atoms with Crippen molar-refractivity contribution in [3.63, 3.8) is 0 Å². The van der Waals surface area contributed by atoms with E-state index in [1.54, 1.807) is 44.2 Å². The molecule has 330 valence electrons. The first-order valence-electron chi connectivity index (χ1n) is 20.5. The number of carbonyl (C=O) groups excluding carboxylic acids is 3. The second-order valence-corrected chi connectivity index (χ2v) is 16.7. The Morgan fingerprint density at radius 2 is 1.79 bits per heavy atom. The summed E-state index contributed by atoms with van der Waals surface area (Å²) in [6.45, 7) is 12.3. The summed E-state index contributed by atoms with van der Waals surface area (Å²) >= 11 is 0. The van der Waals surface area contributed by atoms with Crippen LogP contribution in [0.1, 0.15) is 57.5 Å². The number of likely N-dealkylation sites (N-methyl/N-ethyl adjacent to an activating group) is 1. The van der Waals surface area contributed by atoms with Crippen LogP contribution in [0.25, 0.3) is 33.0 Å². The van der Waals surface area contributed by atoms with Gasteiger partial charge in [-0.1, -0.05) is 39.0 Å². The largest absolute Gasteiger partial charge is 0.505 e. The van der Waals surface area contributed by atoms with Gasteiger partial charge < -0.3 is 53.3 Å². The number of amides is 1. The monoisotopic (exact) mass is 855 g/mol. The van der Waals surface area contributed by atoms with Gasteiger partial charge in [-0.3, -0.25) is 19.2 Å². The first kappa shape index (κ1) is 44.3. The molecule has 1 fully saturated rings. The number of aliphatic hydroxyl groups excluding tert-OH is 1. The Morgan fingerprint density at radius 1 is 1.05 bits per heavy atom. The fourth-order valence-corrected chi connectivity index (χ4v) is 8.40. The maximum Gasteiger partial charge on any atom is 0.312 e. The topological polar surface area (TPSA) is 205 Å². The van der Waals surface area contributed by atoms with Crippen molar-refractivity contribution in [3.05, 3.63) is 75.7 Å². The van der Waals surface area contributed by atoms with Crippen LogP contribution in [0.2, 0.25) is 0 Å². The Labute approximate surface area is 358 Å². The summed E-state index contributed by atoms with van der Waals surface area (Å²) in [5.41, 5.74) is -0.353. The molecule has 4 aromatic rings. The van der Waals surface area contributed by atoms with Crippen LogP contribution in [0.3, 0.4) is 0 Å². The van der Waals surface area contributed by atoms with Gasteiger partial charge in [-0.2, -0.15) is 0 Å². The number of esters is 1. The first-order chi connectivity index (χ1) is 29.4. The third-order valence-electron chi connectivity index (χ3n) is 12.0. The minimum absolute atomic E-state index is 0.00144. The van der Waals surface area contributed by atoms with Gasteiger partial charge in [0.15, 0.2) is 22.3 Å². The average molecular weight is 856 g/mol. The van der Waals surface area contributed by atoms with Gasteiger partial charge in [0.2, 0.25) is 0 Å². The van der Waals surface area contributed by atoms with E-state index in [2.05, 4.69) is 5.32 Å². The zero-order chi connectivity index (χ0) is 44.9. The summed E-state index contributed by atoms with van der Waals surface area (Å²) in [4.78, 5) is 62.3. The number of phenols is 1. The number of aromatic hydroxyl groups is 1. The molecule has 8 rings (SSSR count). The molecular formula is C46H53N3O13. The van der Waals surface area contributed by atoms with Crippen molar-refractivity contribution >= 4 is 56.3 Å². The van der Waals surface area contributed by atoms with Gasteiger partial charge >= 0.3 is 11.8 Å². The highest BCUT2D eigenvalue weighted by atomic mass is 16.7. The zero-order valence-electron chi connectivity index (χ0n) is 36.4. The number of Topliss-reactive ketones (excluding diaryl/α,β-unsaturated/α-hetero) is 1. The summed E-state index contributed by atoms with van der Waals surface area (Å²) in [5.74, 6) is -5.47. The zero-order valence-corrected chi connectivity index (χ0v) is 36.4. The number of anilines is 1. The van der Waals surface area contributed by atoms with Crippen LogP contribution < -0.4 is 20.2 Å². The average Bonchev–Trinajstić information content (AvgIpc) is 3.67. The Kier molecular flexibility index (Phi) is 12.2. The fraction of sp³-hybridized carbons (Fsp3) is 0.457. The smallest absolute Gasteiger partial charge is 0.312 e. The second-order valence-electron chi connectivity index (χ2n) is 16.7. The van der Waals surface area contributed by atoms with E-state index in [9.17, 15) is 29.4 Å². The Balaban J connectivity index is 1.44. The predicted molar refractivity (Wildman–Crippen MR) is 229 cm³/mol. The molecule has 9 atom stereocenters. The number of ketones is 1. The number of nitrogens with one attached hydrogen (secondary N) is 1. The number of phenolic OH excluding ortho intramolecular Hbond substituents is 1. The molecule has 1 saturated heterocycles. The Hall–Kier alpha value is -5.81. The first-order valence-corrected chi connectivity index (χ1v) is 20.5. The van der Waals surface area contributed by atoms with Crippen LogP contribution in [-0.4, -0.2) is 108 Å². The second kappa shape index (κ2) is 17.2. The van der Waals surface area contributed by atoms with Crippen molar-refractivity contribution in [2.24, 2.45) is 17.8 Å². The van der Waals surface area contributed by atoms with E-state index < -0.39 is 71.1 Å². The van der Waals surface area contributed by atoms with E-state index in [0.717, 1.165) is 0 Å². The van der Waals surface area contributed by atoms with Gasteiger partial charge in [0, 0.05) is 67.8 Å². The number of nitrogens with zero attached hydrogens (tertiary/aromatic N) is 2. The molecular weight excluding hydrogens is 803 g/mol. The molecule has 1 aromatic heterocycles. The molecule has 3 N–H and O–H groups in total. The molecule has 62 heavy (non-hydrogen) atoms.